The van der Waals surface area contributed by atoms with Gasteiger partial charge in [0.15, 0.2) is 0 Å². The van der Waals surface area contributed by atoms with E-state index in [0.717, 1.165) is 11.0 Å². The van der Waals surface area contributed by atoms with Gasteiger partial charge in [0.05, 0.1) is 23.7 Å². The van der Waals surface area contributed by atoms with Crippen molar-refractivity contribution in [3.63, 3.8) is 0 Å². The lowest BCUT2D eigenvalue weighted by Gasteiger charge is -2.25. The minimum atomic E-state index is -0.555. The van der Waals surface area contributed by atoms with E-state index in [4.69, 9.17) is 0 Å². The predicted octanol–water partition coefficient (Wildman–Crippen LogP) is 1.75. The molecule has 2 rings (SSSR count). The molecule has 1 unspecified atom stereocenters. The molecule has 0 aliphatic heterocycles. The molecule has 0 saturated heterocycles. The molecular weight excluding hydrogens is 228 g/mol. The van der Waals surface area contributed by atoms with Gasteiger partial charge in [-0.05, 0) is 17.5 Å². The maximum atomic E-state index is 12.2. The Morgan fingerprint density at radius 1 is 1.22 bits per heavy atom. The summed E-state index contributed by atoms with van der Waals surface area (Å²) in [5, 5.41) is 10.2. The van der Waals surface area contributed by atoms with E-state index in [-0.39, 0.29) is 11.1 Å². The second-order valence-corrected chi connectivity index (χ2v) is 5.82. The molecule has 18 heavy (non-hydrogen) atoms. The number of imidazole rings is 1. The monoisotopic (exact) mass is 248 g/mol. The Balaban J connectivity index is 2.52. The molecule has 0 fully saturated rings. The van der Waals surface area contributed by atoms with Crippen LogP contribution < -0.4 is 5.69 Å². The van der Waals surface area contributed by atoms with Gasteiger partial charge >= 0.3 is 5.69 Å². The molecule has 1 aromatic heterocycles. The van der Waals surface area contributed by atoms with Crippen LogP contribution in [0.15, 0.2) is 29.1 Å². The number of aryl methyl sites for hydroxylation is 1. The van der Waals surface area contributed by atoms with Crippen LogP contribution in [0.1, 0.15) is 20.8 Å². The van der Waals surface area contributed by atoms with Crippen molar-refractivity contribution in [1.29, 1.82) is 0 Å². The zero-order valence-corrected chi connectivity index (χ0v) is 11.3. The van der Waals surface area contributed by atoms with Gasteiger partial charge in [0, 0.05) is 7.05 Å². The lowest BCUT2D eigenvalue weighted by molar-refractivity contribution is 0.0481. The number of para-hydroxylation sites is 2. The van der Waals surface area contributed by atoms with E-state index in [9.17, 15) is 9.90 Å². The fourth-order valence-electron chi connectivity index (χ4n) is 1.99. The summed E-state index contributed by atoms with van der Waals surface area (Å²) < 4.78 is 3.26. The Morgan fingerprint density at radius 2 is 1.78 bits per heavy atom. The third kappa shape index (κ3) is 2.08. The van der Waals surface area contributed by atoms with E-state index in [1.165, 1.54) is 0 Å². The first-order chi connectivity index (χ1) is 8.32. The molecule has 0 aliphatic carbocycles. The number of aliphatic hydroxyl groups is 1. The maximum absolute atomic E-state index is 12.2. The van der Waals surface area contributed by atoms with Crippen LogP contribution in [-0.4, -0.2) is 20.3 Å². The van der Waals surface area contributed by atoms with E-state index >= 15 is 0 Å². The van der Waals surface area contributed by atoms with Crippen LogP contribution in [-0.2, 0) is 13.6 Å². The number of fused-ring (bicyclic) bond motifs is 1. The molecular formula is C14H20N2O2. The topological polar surface area (TPSA) is 47.2 Å². The fraction of sp³-hybridized carbons (Fsp3) is 0.500. The van der Waals surface area contributed by atoms with Crippen molar-refractivity contribution in [2.45, 2.75) is 33.4 Å². The fourth-order valence-corrected chi connectivity index (χ4v) is 1.99. The molecule has 1 heterocycles. The maximum Gasteiger partial charge on any atom is 0.328 e. The third-order valence-corrected chi connectivity index (χ3v) is 3.41. The average Bonchev–Trinajstić information content (AvgIpc) is 2.54. The van der Waals surface area contributed by atoms with Crippen molar-refractivity contribution >= 4 is 11.0 Å². The van der Waals surface area contributed by atoms with E-state index in [0.29, 0.717) is 6.54 Å². The van der Waals surface area contributed by atoms with Gasteiger partial charge in [-0.25, -0.2) is 4.79 Å². The van der Waals surface area contributed by atoms with Crippen molar-refractivity contribution in [1.82, 2.24) is 9.13 Å². The van der Waals surface area contributed by atoms with Crippen LogP contribution in [0.4, 0.5) is 0 Å². The van der Waals surface area contributed by atoms with Gasteiger partial charge in [-0.1, -0.05) is 32.9 Å². The van der Waals surface area contributed by atoms with E-state index in [2.05, 4.69) is 0 Å². The SMILES string of the molecule is Cn1c(=O)n(CC(O)C(C)(C)C)c2ccccc21. The van der Waals surface area contributed by atoms with Gasteiger partial charge in [0.2, 0.25) is 0 Å². The summed E-state index contributed by atoms with van der Waals surface area (Å²) in [7, 11) is 1.75. The molecule has 4 nitrogen and oxygen atoms in total. The number of hydrogen-bond acceptors (Lipinski definition) is 2. The standard InChI is InChI=1S/C14H20N2O2/c1-14(2,3)12(17)9-16-11-8-6-5-7-10(11)15(4)13(16)18/h5-8,12,17H,9H2,1-4H3. The molecule has 1 aromatic carbocycles. The van der Waals surface area contributed by atoms with Crippen molar-refractivity contribution < 1.29 is 5.11 Å². The number of aromatic nitrogens is 2. The molecule has 4 heteroatoms. The van der Waals surface area contributed by atoms with Gasteiger partial charge in [0.1, 0.15) is 0 Å². The van der Waals surface area contributed by atoms with Crippen molar-refractivity contribution in [2.75, 3.05) is 0 Å². The van der Waals surface area contributed by atoms with Gasteiger partial charge in [-0.15, -0.1) is 0 Å². The minimum absolute atomic E-state index is 0.0838. The number of rotatable bonds is 2. The van der Waals surface area contributed by atoms with Crippen LogP contribution in [0.25, 0.3) is 11.0 Å². The summed E-state index contributed by atoms with van der Waals surface area (Å²) in [4.78, 5) is 12.2. The summed E-state index contributed by atoms with van der Waals surface area (Å²) in [6.07, 6.45) is -0.555. The number of nitrogens with zero attached hydrogens (tertiary/aromatic N) is 2. The molecule has 0 spiro atoms. The van der Waals surface area contributed by atoms with Crippen molar-refractivity contribution in [3.05, 3.63) is 34.7 Å². The largest absolute Gasteiger partial charge is 0.391 e. The normalized spacial score (nSPS) is 14.1. The Labute approximate surface area is 106 Å². The first kappa shape index (κ1) is 12.9. The molecule has 0 amide bonds. The summed E-state index contributed by atoms with van der Waals surface area (Å²) >= 11 is 0. The Bertz CT molecular complexity index is 617. The van der Waals surface area contributed by atoms with E-state index < -0.39 is 6.10 Å². The minimum Gasteiger partial charge on any atom is -0.391 e. The van der Waals surface area contributed by atoms with Crippen molar-refractivity contribution in [3.8, 4) is 0 Å². The zero-order valence-electron chi connectivity index (χ0n) is 11.3. The lowest BCUT2D eigenvalue weighted by Crippen LogP contribution is -2.34. The third-order valence-electron chi connectivity index (χ3n) is 3.41. The van der Waals surface area contributed by atoms with Crippen LogP contribution in [0.3, 0.4) is 0 Å². The van der Waals surface area contributed by atoms with Crippen LogP contribution in [0.5, 0.6) is 0 Å². The predicted molar refractivity (Wildman–Crippen MR) is 72.6 cm³/mol. The number of benzene rings is 1. The molecule has 0 radical (unpaired) electrons. The Kier molecular flexibility index (Phi) is 3.07. The molecule has 0 aliphatic rings. The highest BCUT2D eigenvalue weighted by Gasteiger charge is 2.24. The number of aliphatic hydroxyl groups excluding tert-OH is 1. The molecule has 1 N–H and O–H groups in total. The molecule has 0 bridgehead atoms. The van der Waals surface area contributed by atoms with Gasteiger partial charge in [0.25, 0.3) is 0 Å². The summed E-state index contributed by atoms with van der Waals surface area (Å²) in [6.45, 7) is 6.22. The van der Waals surface area contributed by atoms with Gasteiger partial charge in [-0.2, -0.15) is 0 Å². The molecule has 1 atom stereocenters. The first-order valence-corrected chi connectivity index (χ1v) is 6.14. The highest BCUT2D eigenvalue weighted by atomic mass is 16.3. The van der Waals surface area contributed by atoms with E-state index in [1.54, 1.807) is 16.2 Å². The summed E-state index contributed by atoms with van der Waals surface area (Å²) in [5.74, 6) is 0. The Morgan fingerprint density at radius 3 is 2.33 bits per heavy atom. The zero-order chi connectivity index (χ0) is 13.5. The highest BCUT2D eigenvalue weighted by molar-refractivity contribution is 5.75. The Hall–Kier alpha value is -1.55. The van der Waals surface area contributed by atoms with Crippen LogP contribution in [0.2, 0.25) is 0 Å². The second kappa shape index (κ2) is 4.28. The molecule has 0 saturated carbocycles. The lowest BCUT2D eigenvalue weighted by atomic mass is 9.89. The van der Waals surface area contributed by atoms with Gasteiger partial charge in [-0.3, -0.25) is 9.13 Å². The smallest absolute Gasteiger partial charge is 0.328 e. The second-order valence-electron chi connectivity index (χ2n) is 5.82. The quantitative estimate of drug-likeness (QED) is 0.880. The van der Waals surface area contributed by atoms with Crippen molar-refractivity contribution in [2.24, 2.45) is 12.5 Å². The van der Waals surface area contributed by atoms with Crippen LogP contribution >= 0.6 is 0 Å². The molecule has 2 aromatic rings. The van der Waals surface area contributed by atoms with Gasteiger partial charge < -0.3 is 5.11 Å². The molecule has 98 valence electrons. The number of hydrogen-bond donors (Lipinski definition) is 1. The van der Waals surface area contributed by atoms with E-state index in [1.807, 2.05) is 45.0 Å². The highest BCUT2D eigenvalue weighted by Crippen LogP contribution is 2.21. The van der Waals surface area contributed by atoms with Crippen LogP contribution in [0, 0.1) is 5.41 Å². The summed E-state index contributed by atoms with van der Waals surface area (Å²) in [5.41, 5.74) is 1.44. The average molecular weight is 248 g/mol. The first-order valence-electron chi connectivity index (χ1n) is 6.14. The summed E-state index contributed by atoms with van der Waals surface area (Å²) in [6, 6.07) is 7.64.